The Hall–Kier alpha value is -0.680. The number of hydrogen-bond acceptors (Lipinski definition) is 3. The third kappa shape index (κ3) is 3.43. The predicted molar refractivity (Wildman–Crippen MR) is 63.7 cm³/mol. The Bertz CT molecular complexity index is 340. The molecule has 1 amide bonds. The molecular formula is C9H14ClN3OS. The summed E-state index contributed by atoms with van der Waals surface area (Å²) in [5, 5.41) is 9.68. The van der Waals surface area contributed by atoms with Gasteiger partial charge in [0.1, 0.15) is 0 Å². The molecule has 1 aromatic heterocycles. The number of carbonyl (C=O) groups excluding carboxylic acids is 1. The summed E-state index contributed by atoms with van der Waals surface area (Å²) in [6.07, 6.45) is 2.99. The minimum atomic E-state index is -0.217. The zero-order chi connectivity index (χ0) is 11.3. The second-order valence-electron chi connectivity index (χ2n) is 3.11. The number of aromatic nitrogens is 2. The van der Waals surface area contributed by atoms with Gasteiger partial charge in [0.05, 0.1) is 10.7 Å². The predicted octanol–water partition coefficient (Wildman–Crippen LogP) is 1.85. The first-order valence-electron chi connectivity index (χ1n) is 4.64. The topological polar surface area (TPSA) is 57.8 Å². The van der Waals surface area contributed by atoms with Gasteiger partial charge in [-0.3, -0.25) is 9.89 Å². The van der Waals surface area contributed by atoms with E-state index in [0.29, 0.717) is 17.3 Å². The van der Waals surface area contributed by atoms with Crippen LogP contribution in [0.2, 0.25) is 5.02 Å². The second-order valence-corrected chi connectivity index (χ2v) is 4.48. The molecule has 0 saturated heterocycles. The fourth-order valence-corrected chi connectivity index (χ4v) is 1.67. The van der Waals surface area contributed by atoms with Crippen LogP contribution >= 0.6 is 23.4 Å². The maximum atomic E-state index is 11.6. The van der Waals surface area contributed by atoms with Gasteiger partial charge in [0.2, 0.25) is 0 Å². The Morgan fingerprint density at radius 3 is 2.93 bits per heavy atom. The maximum absolute atomic E-state index is 11.6. The molecule has 0 bridgehead atoms. The van der Waals surface area contributed by atoms with Gasteiger partial charge in [-0.25, -0.2) is 0 Å². The first-order chi connectivity index (χ1) is 7.16. The molecule has 6 heteroatoms. The van der Waals surface area contributed by atoms with E-state index in [1.807, 2.05) is 6.26 Å². The zero-order valence-corrected chi connectivity index (χ0v) is 10.3. The number of nitrogens with zero attached hydrogens (tertiary/aromatic N) is 1. The summed E-state index contributed by atoms with van der Waals surface area (Å²) in [4.78, 5) is 11.6. The van der Waals surface area contributed by atoms with Crippen LogP contribution in [0.5, 0.6) is 0 Å². The van der Waals surface area contributed by atoms with Gasteiger partial charge in [-0.15, -0.1) is 0 Å². The van der Waals surface area contributed by atoms with Crippen molar-refractivity contribution < 1.29 is 4.79 Å². The lowest BCUT2D eigenvalue weighted by Crippen LogP contribution is -2.25. The molecule has 84 valence electrons. The lowest BCUT2D eigenvalue weighted by Gasteiger charge is -2.01. The number of amides is 1. The minimum absolute atomic E-state index is 0.217. The largest absolute Gasteiger partial charge is 0.351 e. The highest BCUT2D eigenvalue weighted by Crippen LogP contribution is 2.16. The number of hydrogen-bond donors (Lipinski definition) is 2. The van der Waals surface area contributed by atoms with E-state index >= 15 is 0 Å². The summed E-state index contributed by atoms with van der Waals surface area (Å²) < 4.78 is 0. The molecule has 1 rings (SSSR count). The summed E-state index contributed by atoms with van der Waals surface area (Å²) in [5.74, 6) is 0.818. The van der Waals surface area contributed by atoms with E-state index in [2.05, 4.69) is 15.5 Å². The van der Waals surface area contributed by atoms with Gasteiger partial charge in [0.25, 0.3) is 5.91 Å². The van der Waals surface area contributed by atoms with E-state index < -0.39 is 0 Å². The number of halogens is 1. The lowest BCUT2D eigenvalue weighted by molar-refractivity contribution is 0.0949. The van der Waals surface area contributed by atoms with Gasteiger partial charge < -0.3 is 5.32 Å². The van der Waals surface area contributed by atoms with Crippen LogP contribution in [0, 0.1) is 6.92 Å². The zero-order valence-electron chi connectivity index (χ0n) is 8.76. The third-order valence-electron chi connectivity index (χ3n) is 1.90. The molecule has 0 aliphatic heterocycles. The number of rotatable bonds is 5. The molecule has 0 radical (unpaired) electrons. The lowest BCUT2D eigenvalue weighted by atomic mass is 10.3. The minimum Gasteiger partial charge on any atom is -0.351 e. The molecular weight excluding hydrogens is 234 g/mol. The second kappa shape index (κ2) is 6.02. The fraction of sp³-hybridized carbons (Fsp3) is 0.556. The van der Waals surface area contributed by atoms with Crippen molar-refractivity contribution in [1.29, 1.82) is 0 Å². The summed E-state index contributed by atoms with van der Waals surface area (Å²) >= 11 is 7.64. The molecule has 15 heavy (non-hydrogen) atoms. The molecule has 1 aromatic rings. The SMILES string of the molecule is CSCCCNC(=O)c1n[nH]c(C)c1Cl. The van der Waals surface area contributed by atoms with Crippen molar-refractivity contribution in [2.24, 2.45) is 0 Å². The average molecular weight is 248 g/mol. The summed E-state index contributed by atoms with van der Waals surface area (Å²) in [5.41, 5.74) is 0.990. The molecule has 0 aliphatic rings. The Morgan fingerprint density at radius 1 is 1.67 bits per heavy atom. The van der Waals surface area contributed by atoms with Gasteiger partial charge in [-0.05, 0) is 25.4 Å². The van der Waals surface area contributed by atoms with E-state index in [4.69, 9.17) is 11.6 Å². The summed E-state index contributed by atoms with van der Waals surface area (Å²) in [7, 11) is 0. The van der Waals surface area contributed by atoms with Crippen LogP contribution in [0.1, 0.15) is 22.6 Å². The molecule has 0 aromatic carbocycles. The molecule has 1 heterocycles. The molecule has 0 spiro atoms. The van der Waals surface area contributed by atoms with Crippen LogP contribution in [-0.2, 0) is 0 Å². The van der Waals surface area contributed by atoms with E-state index in [1.54, 1.807) is 18.7 Å². The van der Waals surface area contributed by atoms with Crippen LogP contribution in [0.15, 0.2) is 0 Å². The number of aryl methyl sites for hydroxylation is 1. The van der Waals surface area contributed by atoms with Crippen molar-refractivity contribution in [3.63, 3.8) is 0 Å². The standard InChI is InChI=1S/C9H14ClN3OS/c1-6-7(10)8(13-12-6)9(14)11-4-3-5-15-2/h3-5H2,1-2H3,(H,11,14)(H,12,13). The summed E-state index contributed by atoms with van der Waals surface area (Å²) in [6, 6.07) is 0. The number of carbonyl (C=O) groups is 1. The number of nitrogens with one attached hydrogen (secondary N) is 2. The van der Waals surface area contributed by atoms with Gasteiger partial charge in [-0.2, -0.15) is 16.9 Å². The monoisotopic (exact) mass is 247 g/mol. The molecule has 0 fully saturated rings. The maximum Gasteiger partial charge on any atom is 0.273 e. The Labute approximate surface area is 98.2 Å². The number of H-pyrrole nitrogens is 1. The van der Waals surface area contributed by atoms with Crippen molar-refractivity contribution in [1.82, 2.24) is 15.5 Å². The van der Waals surface area contributed by atoms with Crippen LogP contribution in [0.4, 0.5) is 0 Å². The van der Waals surface area contributed by atoms with Gasteiger partial charge in [-0.1, -0.05) is 11.6 Å². The molecule has 0 aliphatic carbocycles. The summed E-state index contributed by atoms with van der Waals surface area (Å²) in [6.45, 7) is 2.43. The van der Waals surface area contributed by atoms with E-state index in [1.165, 1.54) is 0 Å². The van der Waals surface area contributed by atoms with Gasteiger partial charge >= 0.3 is 0 Å². The normalized spacial score (nSPS) is 10.3. The van der Waals surface area contributed by atoms with Crippen molar-refractivity contribution in [2.75, 3.05) is 18.6 Å². The van der Waals surface area contributed by atoms with Crippen LogP contribution in [0.3, 0.4) is 0 Å². The van der Waals surface area contributed by atoms with Crippen LogP contribution < -0.4 is 5.32 Å². The molecule has 0 unspecified atom stereocenters. The molecule has 4 nitrogen and oxygen atoms in total. The molecule has 2 N–H and O–H groups in total. The first kappa shape index (κ1) is 12.4. The Kier molecular flexibility index (Phi) is 4.98. The quantitative estimate of drug-likeness (QED) is 0.781. The average Bonchev–Trinajstić information content (AvgIpc) is 2.55. The highest BCUT2D eigenvalue weighted by atomic mass is 35.5. The Balaban J connectivity index is 2.44. The van der Waals surface area contributed by atoms with Crippen molar-refractivity contribution >= 4 is 29.3 Å². The first-order valence-corrected chi connectivity index (χ1v) is 6.41. The molecule has 0 saturated carbocycles. The smallest absolute Gasteiger partial charge is 0.273 e. The van der Waals surface area contributed by atoms with Crippen LogP contribution in [0.25, 0.3) is 0 Å². The van der Waals surface area contributed by atoms with E-state index in [-0.39, 0.29) is 11.6 Å². The van der Waals surface area contributed by atoms with Crippen molar-refractivity contribution in [3.8, 4) is 0 Å². The van der Waals surface area contributed by atoms with Crippen LogP contribution in [-0.4, -0.2) is 34.7 Å². The van der Waals surface area contributed by atoms with Gasteiger partial charge in [0.15, 0.2) is 5.69 Å². The number of thioether (sulfide) groups is 1. The highest BCUT2D eigenvalue weighted by Gasteiger charge is 2.14. The van der Waals surface area contributed by atoms with E-state index in [9.17, 15) is 4.79 Å². The third-order valence-corrected chi connectivity index (χ3v) is 3.06. The highest BCUT2D eigenvalue weighted by molar-refractivity contribution is 7.98. The Morgan fingerprint density at radius 2 is 2.40 bits per heavy atom. The van der Waals surface area contributed by atoms with Crippen molar-refractivity contribution in [2.45, 2.75) is 13.3 Å². The van der Waals surface area contributed by atoms with Gasteiger partial charge in [0, 0.05) is 6.54 Å². The van der Waals surface area contributed by atoms with Crippen molar-refractivity contribution in [3.05, 3.63) is 16.4 Å². The number of aromatic amines is 1. The molecule has 0 atom stereocenters. The van der Waals surface area contributed by atoms with E-state index in [0.717, 1.165) is 12.2 Å². The fourth-order valence-electron chi connectivity index (χ4n) is 1.07.